The number of hydrogen-bond acceptors (Lipinski definition) is 10. The van der Waals surface area contributed by atoms with Crippen LogP contribution in [0.2, 0.25) is 0 Å². The van der Waals surface area contributed by atoms with Gasteiger partial charge in [0.15, 0.2) is 11.1 Å². The van der Waals surface area contributed by atoms with Crippen LogP contribution in [-0.2, 0) is 23.9 Å². The Morgan fingerprint density at radius 2 is 1.00 bits per heavy atom. The molecule has 4 aliphatic carbocycles. The van der Waals surface area contributed by atoms with Crippen LogP contribution in [0, 0.1) is 45.3 Å². The Balaban J connectivity index is 1.34. The first kappa shape index (κ1) is 34.5. The van der Waals surface area contributed by atoms with E-state index in [9.17, 15) is 30.6 Å². The summed E-state index contributed by atoms with van der Waals surface area (Å²) in [6, 6.07) is 12.5. The van der Waals surface area contributed by atoms with Crippen molar-refractivity contribution in [3.63, 3.8) is 0 Å². The topological polar surface area (TPSA) is 139 Å². The number of nitriles is 4. The molecule has 0 unspecified atom stereocenters. The molecule has 2 fully saturated rings. The lowest BCUT2D eigenvalue weighted by Crippen LogP contribution is -2.31. The fraction of sp³-hybridized carbons (Fsp3) is 0.400. The fourth-order valence-electron chi connectivity index (χ4n) is 9.29. The number of thiophene rings is 2. The average molecular weight is 759 g/mol. The van der Waals surface area contributed by atoms with Crippen molar-refractivity contribution < 1.29 is 0 Å². The van der Waals surface area contributed by atoms with Crippen LogP contribution in [0.25, 0.3) is 34.4 Å². The van der Waals surface area contributed by atoms with E-state index < -0.39 is 0 Å². The van der Waals surface area contributed by atoms with Gasteiger partial charge in [-0.2, -0.15) is 21.0 Å². The highest BCUT2D eigenvalue weighted by Crippen LogP contribution is 2.71. The molecule has 0 N–H and O–H groups in total. The van der Waals surface area contributed by atoms with Gasteiger partial charge in [-0.15, -0.1) is 45.3 Å². The lowest BCUT2D eigenvalue weighted by molar-refractivity contribution is 0.373. The van der Waals surface area contributed by atoms with Gasteiger partial charge in [0.05, 0.1) is 9.06 Å². The number of hydrogen-bond donors (Lipinski definition) is 0. The monoisotopic (exact) mass is 758 g/mol. The van der Waals surface area contributed by atoms with Crippen molar-refractivity contribution >= 4 is 79.8 Å². The molecule has 0 amide bonds. The van der Waals surface area contributed by atoms with E-state index in [2.05, 4.69) is 12.1 Å². The Labute approximate surface area is 316 Å². The van der Waals surface area contributed by atoms with Crippen LogP contribution < -0.4 is 29.5 Å². The number of thiazole rings is 2. The Morgan fingerprint density at radius 1 is 0.635 bits per heavy atom. The lowest BCUT2D eigenvalue weighted by Gasteiger charge is -2.37. The molecule has 4 heterocycles. The van der Waals surface area contributed by atoms with E-state index in [0.717, 1.165) is 61.1 Å². The lowest BCUT2D eigenvalue weighted by atomic mass is 9.67. The van der Waals surface area contributed by atoms with Gasteiger partial charge in [0.1, 0.15) is 33.6 Å². The van der Waals surface area contributed by atoms with Crippen LogP contribution in [0.4, 0.5) is 0 Å². The van der Waals surface area contributed by atoms with E-state index in [1.54, 1.807) is 22.7 Å². The number of fused-ring (bicyclic) bond motifs is 8. The summed E-state index contributed by atoms with van der Waals surface area (Å²) in [5.41, 5.74) is 5.15. The summed E-state index contributed by atoms with van der Waals surface area (Å²) in [5.74, 6) is 0. The standard InChI is InChI=1S/C40H34N6O2S4/c1-3-45-35(47)29(51-37(45)23(19-41)20-42)17-25-15-27-33(49-25)31-32(39(27)11-7-5-8-12-39)34-28(40(31)13-9-6-10-14-40)16-26(50-34)18-30-36(48)46(4-2)38(52-30)24(21-43)22-44/h15-18H,3-14H2,1-2H3/b29-17+,30-18+. The second-order valence-corrected chi connectivity index (χ2v) is 18.2. The Hall–Kier alpha value is -4.56. The SMILES string of the molecule is CCn1c(=C(C#N)C#N)s/c(=C/c2cc3c(s2)C2=C(c4sc(/C=c5/sc(=C(C#N)C#N)n(CC)c5=O)cc4C24CCCCC4)C32CCCCC2)c1=O. The molecule has 4 aromatic heterocycles. The van der Waals surface area contributed by atoms with Crippen molar-refractivity contribution in [2.24, 2.45) is 0 Å². The summed E-state index contributed by atoms with van der Waals surface area (Å²) < 4.78 is 4.97. The highest BCUT2D eigenvalue weighted by molar-refractivity contribution is 7.16. The summed E-state index contributed by atoms with van der Waals surface area (Å²) in [6.45, 7) is 4.49. The average Bonchev–Trinajstić information content (AvgIpc) is 3.99. The van der Waals surface area contributed by atoms with Gasteiger partial charge < -0.3 is 0 Å². The quantitative estimate of drug-likeness (QED) is 0.262. The van der Waals surface area contributed by atoms with Crippen LogP contribution in [0.15, 0.2) is 21.7 Å². The van der Waals surface area contributed by atoms with Crippen LogP contribution in [0.3, 0.4) is 0 Å². The van der Waals surface area contributed by atoms with Gasteiger partial charge in [0.2, 0.25) is 0 Å². The first-order valence-corrected chi connectivity index (χ1v) is 21.1. The first-order valence-electron chi connectivity index (χ1n) is 17.9. The third kappa shape index (κ3) is 4.89. The van der Waals surface area contributed by atoms with Gasteiger partial charge >= 0.3 is 0 Å². The van der Waals surface area contributed by atoms with Crippen LogP contribution >= 0.6 is 45.3 Å². The van der Waals surface area contributed by atoms with Crippen molar-refractivity contribution in [3.8, 4) is 24.3 Å². The minimum atomic E-state index is -0.167. The van der Waals surface area contributed by atoms with Crippen molar-refractivity contribution in [3.05, 3.63) is 81.9 Å². The Kier molecular flexibility index (Phi) is 8.72. The van der Waals surface area contributed by atoms with E-state index in [1.165, 1.54) is 76.7 Å². The number of nitrogens with zero attached hydrogens (tertiary/aromatic N) is 6. The third-order valence-corrected chi connectivity index (χ3v) is 15.9. The largest absolute Gasteiger partial charge is 0.298 e. The molecule has 52 heavy (non-hydrogen) atoms. The van der Waals surface area contributed by atoms with Crippen molar-refractivity contribution in [2.75, 3.05) is 0 Å². The normalized spacial score (nSPS) is 18.5. The third-order valence-electron chi connectivity index (χ3n) is 11.5. The highest BCUT2D eigenvalue weighted by Gasteiger charge is 2.58. The second-order valence-electron chi connectivity index (χ2n) is 13.9. The zero-order valence-electron chi connectivity index (χ0n) is 28.9. The van der Waals surface area contributed by atoms with Gasteiger partial charge in [-0.3, -0.25) is 18.7 Å². The molecule has 0 bridgehead atoms. The van der Waals surface area contributed by atoms with Crippen molar-refractivity contribution in [2.45, 2.75) is 102 Å². The molecule has 260 valence electrons. The van der Waals surface area contributed by atoms with Crippen molar-refractivity contribution in [1.29, 1.82) is 21.0 Å². The molecule has 0 aliphatic heterocycles. The molecule has 0 radical (unpaired) electrons. The molecule has 2 spiro atoms. The molecule has 8 nitrogen and oxygen atoms in total. The maximum absolute atomic E-state index is 13.5. The molecule has 0 saturated heterocycles. The predicted octanol–water partition coefficient (Wildman–Crippen LogP) is 5.69. The molecular weight excluding hydrogens is 725 g/mol. The van der Waals surface area contributed by atoms with E-state index in [-0.39, 0.29) is 33.1 Å². The van der Waals surface area contributed by atoms with Gasteiger partial charge in [0, 0.05) is 43.4 Å². The van der Waals surface area contributed by atoms with Crippen molar-refractivity contribution in [1.82, 2.24) is 9.13 Å². The minimum absolute atomic E-state index is 0.0378. The summed E-state index contributed by atoms with van der Waals surface area (Å²) in [4.78, 5) is 31.8. The smallest absolute Gasteiger partial charge is 0.269 e. The number of rotatable bonds is 4. The van der Waals surface area contributed by atoms with Crippen LogP contribution in [-0.4, -0.2) is 9.13 Å². The molecule has 0 atom stereocenters. The summed E-state index contributed by atoms with van der Waals surface area (Å²) >= 11 is 6.02. The zero-order valence-corrected chi connectivity index (χ0v) is 32.2. The van der Waals surface area contributed by atoms with E-state index in [1.807, 2.05) is 50.3 Å². The van der Waals surface area contributed by atoms with Crippen LogP contribution in [0.1, 0.15) is 109 Å². The first-order chi connectivity index (χ1) is 25.3. The molecule has 4 aromatic rings. The number of allylic oxidation sites excluding steroid dienone is 2. The predicted molar refractivity (Wildman–Crippen MR) is 208 cm³/mol. The zero-order chi connectivity index (χ0) is 36.4. The summed E-state index contributed by atoms with van der Waals surface area (Å²) in [7, 11) is 0. The van der Waals surface area contributed by atoms with Crippen LogP contribution in [0.5, 0.6) is 0 Å². The van der Waals surface area contributed by atoms with Gasteiger partial charge in [-0.1, -0.05) is 38.5 Å². The molecule has 12 heteroatoms. The van der Waals surface area contributed by atoms with Gasteiger partial charge in [0.25, 0.3) is 11.1 Å². The fourth-order valence-corrected chi connectivity index (χ4v) is 14.4. The molecule has 0 aromatic carbocycles. The second kappa shape index (κ2) is 13.1. The van der Waals surface area contributed by atoms with Gasteiger partial charge in [-0.25, -0.2) is 0 Å². The molecule has 8 rings (SSSR count). The highest BCUT2D eigenvalue weighted by atomic mass is 32.1. The van der Waals surface area contributed by atoms with E-state index >= 15 is 0 Å². The summed E-state index contributed by atoms with van der Waals surface area (Å²) in [6.07, 6.45) is 15.3. The maximum Gasteiger partial charge on any atom is 0.269 e. The molecule has 4 aliphatic rings. The van der Waals surface area contributed by atoms with Gasteiger partial charge in [-0.05, 0) is 86.1 Å². The Bertz CT molecular complexity index is 2550. The maximum atomic E-state index is 13.5. The molecular formula is C40H34N6O2S4. The number of aromatic nitrogens is 2. The minimum Gasteiger partial charge on any atom is -0.298 e. The van der Waals surface area contributed by atoms with E-state index in [4.69, 9.17) is 0 Å². The van der Waals surface area contributed by atoms with E-state index in [0.29, 0.717) is 31.5 Å². The Morgan fingerprint density at radius 3 is 1.33 bits per heavy atom. The summed E-state index contributed by atoms with van der Waals surface area (Å²) in [5, 5.41) is 38.3. The molecule has 2 saturated carbocycles.